The van der Waals surface area contributed by atoms with E-state index in [0.29, 0.717) is 49.1 Å². The van der Waals surface area contributed by atoms with Crippen LogP contribution in [0.1, 0.15) is 16.1 Å². The molecule has 0 atom stereocenters. The number of furan rings is 1. The molecule has 124 valence electrons. The van der Waals surface area contributed by atoms with Gasteiger partial charge in [-0.1, -0.05) is 29.8 Å². The maximum atomic E-state index is 12.9. The van der Waals surface area contributed by atoms with Crippen LogP contribution >= 0.6 is 11.6 Å². The number of benzene rings is 1. The molecule has 1 aromatic carbocycles. The maximum Gasteiger partial charge on any atom is 0.270 e. The molecular weight excluding hydrogens is 328 g/mol. The predicted molar refractivity (Wildman–Crippen MR) is 91.5 cm³/mol. The molecule has 0 spiro atoms. The zero-order valence-corrected chi connectivity index (χ0v) is 13.8. The lowest BCUT2D eigenvalue weighted by Gasteiger charge is -2.27. The lowest BCUT2D eigenvalue weighted by atomic mass is 10.2. The molecule has 1 aliphatic heterocycles. The molecule has 0 radical (unpaired) electrons. The molecule has 0 unspecified atom stereocenters. The van der Waals surface area contributed by atoms with Gasteiger partial charge >= 0.3 is 0 Å². The van der Waals surface area contributed by atoms with Crippen molar-refractivity contribution >= 4 is 28.6 Å². The first kappa shape index (κ1) is 15.3. The Morgan fingerprint density at radius 1 is 1.17 bits per heavy atom. The highest BCUT2D eigenvalue weighted by molar-refractivity contribution is 6.31. The van der Waals surface area contributed by atoms with Crippen molar-refractivity contribution in [3.63, 3.8) is 0 Å². The number of hydrogen-bond donors (Lipinski definition) is 0. The average Bonchev–Trinajstić information content (AvgIpc) is 3.19. The number of ether oxygens (including phenoxy) is 1. The molecule has 1 saturated heterocycles. The molecule has 5 nitrogen and oxygen atoms in total. The van der Waals surface area contributed by atoms with Gasteiger partial charge in [0.25, 0.3) is 5.91 Å². The normalized spacial score (nSPS) is 15.1. The summed E-state index contributed by atoms with van der Waals surface area (Å²) < 4.78 is 12.8. The Balaban J connectivity index is 1.74. The van der Waals surface area contributed by atoms with Gasteiger partial charge in [-0.05, 0) is 11.6 Å². The summed E-state index contributed by atoms with van der Waals surface area (Å²) in [5, 5.41) is 0.688. The lowest BCUT2D eigenvalue weighted by molar-refractivity contribution is 0.0296. The molecule has 3 aromatic rings. The molecular formula is C18H17ClN2O3. The third kappa shape index (κ3) is 2.70. The molecule has 0 N–H and O–H groups in total. The number of morpholine rings is 1. The van der Waals surface area contributed by atoms with Crippen LogP contribution in [0.5, 0.6) is 0 Å². The van der Waals surface area contributed by atoms with E-state index in [4.69, 9.17) is 20.8 Å². The van der Waals surface area contributed by atoms with E-state index in [1.165, 1.54) is 0 Å². The Hall–Kier alpha value is -2.24. The summed E-state index contributed by atoms with van der Waals surface area (Å²) in [6.45, 7) is 2.89. The van der Waals surface area contributed by atoms with E-state index in [2.05, 4.69) is 0 Å². The Bertz CT molecular complexity index is 877. The topological polar surface area (TPSA) is 47.6 Å². The molecule has 2 aromatic heterocycles. The van der Waals surface area contributed by atoms with Crippen LogP contribution in [0.2, 0.25) is 5.02 Å². The van der Waals surface area contributed by atoms with Crippen molar-refractivity contribution < 1.29 is 13.9 Å². The Kier molecular flexibility index (Phi) is 4.04. The summed E-state index contributed by atoms with van der Waals surface area (Å²) >= 11 is 6.30. The summed E-state index contributed by atoms with van der Waals surface area (Å²) in [7, 11) is 0. The zero-order valence-electron chi connectivity index (χ0n) is 13.1. The smallest absolute Gasteiger partial charge is 0.270 e. The lowest BCUT2D eigenvalue weighted by Crippen LogP contribution is -2.41. The van der Waals surface area contributed by atoms with Gasteiger partial charge in [-0.3, -0.25) is 4.79 Å². The van der Waals surface area contributed by atoms with E-state index >= 15 is 0 Å². The van der Waals surface area contributed by atoms with Crippen LogP contribution in [0, 0.1) is 0 Å². The number of aromatic nitrogens is 1. The van der Waals surface area contributed by atoms with Crippen LogP contribution in [0.15, 0.2) is 47.1 Å². The second-order valence-electron chi connectivity index (χ2n) is 5.78. The number of carbonyl (C=O) groups is 1. The predicted octanol–water partition coefficient (Wildman–Crippen LogP) is 3.41. The average molecular weight is 345 g/mol. The molecule has 0 bridgehead atoms. The van der Waals surface area contributed by atoms with Gasteiger partial charge in [0, 0.05) is 36.8 Å². The number of carbonyl (C=O) groups excluding carboxylic acids is 1. The van der Waals surface area contributed by atoms with Crippen LogP contribution in [-0.4, -0.2) is 41.7 Å². The van der Waals surface area contributed by atoms with E-state index < -0.39 is 0 Å². The SMILES string of the molecule is O=C(c1cc2occc2n1Cc1ccccc1Cl)N1CCOCC1. The summed E-state index contributed by atoms with van der Waals surface area (Å²) in [5.74, 6) is -0.00301. The van der Waals surface area contributed by atoms with Gasteiger partial charge in [-0.15, -0.1) is 0 Å². The zero-order chi connectivity index (χ0) is 16.5. The van der Waals surface area contributed by atoms with E-state index in [0.717, 1.165) is 11.1 Å². The fourth-order valence-electron chi connectivity index (χ4n) is 3.05. The highest BCUT2D eigenvalue weighted by Crippen LogP contribution is 2.25. The minimum absolute atomic E-state index is 0.00301. The van der Waals surface area contributed by atoms with Gasteiger partial charge in [-0.25, -0.2) is 0 Å². The Morgan fingerprint density at radius 2 is 1.96 bits per heavy atom. The van der Waals surface area contributed by atoms with Crippen LogP contribution in [-0.2, 0) is 11.3 Å². The fraction of sp³-hybridized carbons (Fsp3) is 0.278. The molecule has 4 rings (SSSR count). The van der Waals surface area contributed by atoms with Gasteiger partial charge < -0.3 is 18.6 Å². The first-order valence-corrected chi connectivity index (χ1v) is 8.29. The largest absolute Gasteiger partial charge is 0.463 e. The number of amides is 1. The molecule has 24 heavy (non-hydrogen) atoms. The van der Waals surface area contributed by atoms with Crippen molar-refractivity contribution in [2.75, 3.05) is 26.3 Å². The summed E-state index contributed by atoms with van der Waals surface area (Å²) in [5.41, 5.74) is 3.19. The molecule has 1 fully saturated rings. The highest BCUT2D eigenvalue weighted by Gasteiger charge is 2.24. The van der Waals surface area contributed by atoms with Crippen molar-refractivity contribution in [3.8, 4) is 0 Å². The van der Waals surface area contributed by atoms with Crippen molar-refractivity contribution in [1.29, 1.82) is 0 Å². The number of rotatable bonds is 3. The van der Waals surface area contributed by atoms with Gasteiger partial charge in [0.15, 0.2) is 5.58 Å². The van der Waals surface area contributed by atoms with Crippen molar-refractivity contribution in [3.05, 3.63) is 58.9 Å². The summed E-state index contributed by atoms with van der Waals surface area (Å²) in [6.07, 6.45) is 1.64. The third-order valence-corrected chi connectivity index (χ3v) is 4.70. The van der Waals surface area contributed by atoms with Crippen LogP contribution in [0.3, 0.4) is 0 Å². The van der Waals surface area contributed by atoms with Crippen LogP contribution in [0.4, 0.5) is 0 Å². The molecule has 0 saturated carbocycles. The minimum atomic E-state index is -0.00301. The standard InChI is InChI=1S/C18H17ClN2O3/c19-14-4-2-1-3-13(14)12-21-15-5-8-24-17(15)11-16(21)18(22)20-6-9-23-10-7-20/h1-5,8,11H,6-7,9-10,12H2. The van der Waals surface area contributed by atoms with Crippen LogP contribution in [0.25, 0.3) is 11.1 Å². The maximum absolute atomic E-state index is 12.9. The monoisotopic (exact) mass is 344 g/mol. The first-order chi connectivity index (χ1) is 11.7. The first-order valence-electron chi connectivity index (χ1n) is 7.91. The van der Waals surface area contributed by atoms with Gasteiger partial charge in [0.2, 0.25) is 0 Å². The highest BCUT2D eigenvalue weighted by atomic mass is 35.5. The van der Waals surface area contributed by atoms with E-state index in [1.807, 2.05) is 45.9 Å². The second-order valence-corrected chi connectivity index (χ2v) is 6.19. The minimum Gasteiger partial charge on any atom is -0.463 e. The van der Waals surface area contributed by atoms with Gasteiger partial charge in [0.1, 0.15) is 5.69 Å². The quantitative estimate of drug-likeness (QED) is 0.731. The summed E-state index contributed by atoms with van der Waals surface area (Å²) in [4.78, 5) is 14.8. The van der Waals surface area contributed by atoms with Crippen LogP contribution < -0.4 is 0 Å². The van der Waals surface area contributed by atoms with Crippen molar-refractivity contribution in [1.82, 2.24) is 9.47 Å². The molecule has 0 aliphatic carbocycles. The second kappa shape index (κ2) is 6.34. The summed E-state index contributed by atoms with van der Waals surface area (Å²) in [6, 6.07) is 11.4. The fourth-order valence-corrected chi connectivity index (χ4v) is 3.25. The molecule has 1 amide bonds. The van der Waals surface area contributed by atoms with Gasteiger partial charge in [0.05, 0.1) is 25.0 Å². The van der Waals surface area contributed by atoms with Crippen molar-refractivity contribution in [2.45, 2.75) is 6.54 Å². The number of hydrogen-bond acceptors (Lipinski definition) is 3. The number of halogens is 1. The number of nitrogens with zero attached hydrogens (tertiary/aromatic N) is 2. The van der Waals surface area contributed by atoms with E-state index in [-0.39, 0.29) is 5.91 Å². The molecule has 1 aliphatic rings. The Morgan fingerprint density at radius 3 is 2.75 bits per heavy atom. The number of fused-ring (bicyclic) bond motifs is 1. The van der Waals surface area contributed by atoms with E-state index in [1.54, 1.807) is 6.26 Å². The Labute approximate surface area is 144 Å². The molecule has 3 heterocycles. The van der Waals surface area contributed by atoms with Crippen molar-refractivity contribution in [2.24, 2.45) is 0 Å². The van der Waals surface area contributed by atoms with E-state index in [9.17, 15) is 4.79 Å². The van der Waals surface area contributed by atoms with Gasteiger partial charge in [-0.2, -0.15) is 0 Å². The third-order valence-electron chi connectivity index (χ3n) is 4.33. The molecule has 6 heteroatoms.